The molecule has 166 valence electrons. The molecule has 1 aliphatic heterocycles. The largest absolute Gasteiger partial charge is 0.389 e. The van der Waals surface area contributed by atoms with Crippen LogP contribution in [-0.2, 0) is 4.74 Å². The summed E-state index contributed by atoms with van der Waals surface area (Å²) in [5, 5.41) is 10.4. The third kappa shape index (κ3) is 4.53. The maximum atomic E-state index is 14.0. The summed E-state index contributed by atoms with van der Waals surface area (Å²) in [6.45, 7) is 5.14. The number of piperazine rings is 1. The van der Waals surface area contributed by atoms with Crippen LogP contribution in [0.4, 0.5) is 10.1 Å². The van der Waals surface area contributed by atoms with Gasteiger partial charge in [-0.3, -0.25) is 4.90 Å². The zero-order valence-electron chi connectivity index (χ0n) is 18.1. The van der Waals surface area contributed by atoms with Crippen molar-refractivity contribution in [3.05, 3.63) is 30.1 Å². The van der Waals surface area contributed by atoms with Crippen LogP contribution < -0.4 is 4.90 Å². The lowest BCUT2D eigenvalue weighted by atomic mass is 9.49. The van der Waals surface area contributed by atoms with Gasteiger partial charge in [0.25, 0.3) is 0 Å². The molecule has 4 saturated carbocycles. The summed E-state index contributed by atoms with van der Waals surface area (Å²) in [6.07, 6.45) is 9.49. The molecule has 0 spiro atoms. The number of halogens is 1. The lowest BCUT2D eigenvalue weighted by Gasteiger charge is -2.57. The van der Waals surface area contributed by atoms with Gasteiger partial charge in [0.05, 0.1) is 18.4 Å². The Hall–Kier alpha value is -1.17. The summed E-state index contributed by atoms with van der Waals surface area (Å²) in [5.74, 6) is 2.82. The predicted molar refractivity (Wildman–Crippen MR) is 117 cm³/mol. The quantitative estimate of drug-likeness (QED) is 0.652. The maximum Gasteiger partial charge on any atom is 0.146 e. The number of β-amino-alcohol motifs (C(OH)–C–C–N with tert-alkyl or cyclic N) is 1. The molecule has 5 aliphatic rings. The molecule has 4 aliphatic carbocycles. The molecule has 0 amide bonds. The van der Waals surface area contributed by atoms with Crippen LogP contribution in [0.2, 0.25) is 0 Å². The highest BCUT2D eigenvalue weighted by Crippen LogP contribution is 2.61. The van der Waals surface area contributed by atoms with Gasteiger partial charge in [-0.1, -0.05) is 12.1 Å². The van der Waals surface area contributed by atoms with Crippen molar-refractivity contribution in [2.75, 3.05) is 50.8 Å². The van der Waals surface area contributed by atoms with Gasteiger partial charge in [-0.05, 0) is 80.2 Å². The van der Waals surface area contributed by atoms with Crippen LogP contribution in [0.1, 0.15) is 44.9 Å². The highest BCUT2D eigenvalue weighted by atomic mass is 19.1. The Kier molecular flexibility index (Phi) is 6.05. The summed E-state index contributed by atoms with van der Waals surface area (Å²) in [4.78, 5) is 4.37. The molecule has 1 N–H and O–H groups in total. The Morgan fingerprint density at radius 1 is 1.00 bits per heavy atom. The molecule has 1 aromatic rings. The van der Waals surface area contributed by atoms with Gasteiger partial charge in [0.2, 0.25) is 0 Å². The first-order chi connectivity index (χ1) is 14.6. The van der Waals surface area contributed by atoms with E-state index < -0.39 is 6.10 Å². The summed E-state index contributed by atoms with van der Waals surface area (Å²) in [5.41, 5.74) is 1.24. The second kappa shape index (κ2) is 8.76. The van der Waals surface area contributed by atoms with Gasteiger partial charge in [-0.2, -0.15) is 0 Å². The molecular weight excluding hydrogens is 379 g/mol. The van der Waals surface area contributed by atoms with Gasteiger partial charge in [-0.25, -0.2) is 4.39 Å². The topological polar surface area (TPSA) is 35.9 Å². The number of hydrogen-bond donors (Lipinski definition) is 1. The normalized spacial score (nSPS) is 34.5. The van der Waals surface area contributed by atoms with Crippen LogP contribution in [-0.4, -0.2) is 62.0 Å². The van der Waals surface area contributed by atoms with Crippen LogP contribution in [0.25, 0.3) is 0 Å². The van der Waals surface area contributed by atoms with Crippen molar-refractivity contribution in [3.8, 4) is 0 Å². The smallest absolute Gasteiger partial charge is 0.146 e. The van der Waals surface area contributed by atoms with E-state index >= 15 is 0 Å². The Bertz CT molecular complexity index is 684. The second-order valence-electron chi connectivity index (χ2n) is 10.6. The van der Waals surface area contributed by atoms with Crippen molar-refractivity contribution in [1.82, 2.24) is 4.90 Å². The molecule has 5 heteroatoms. The minimum atomic E-state index is -0.443. The van der Waals surface area contributed by atoms with Crippen molar-refractivity contribution < 1.29 is 14.2 Å². The van der Waals surface area contributed by atoms with Crippen molar-refractivity contribution in [2.24, 2.45) is 23.2 Å². The first kappa shape index (κ1) is 20.7. The van der Waals surface area contributed by atoms with E-state index in [0.717, 1.165) is 50.5 Å². The summed E-state index contributed by atoms with van der Waals surface area (Å²) in [7, 11) is 0. The highest BCUT2D eigenvalue weighted by Gasteiger charge is 2.50. The Balaban J connectivity index is 1.00. The predicted octanol–water partition coefficient (Wildman–Crippen LogP) is 3.93. The van der Waals surface area contributed by atoms with Gasteiger partial charge in [0.1, 0.15) is 5.82 Å². The first-order valence-corrected chi connectivity index (χ1v) is 12.1. The van der Waals surface area contributed by atoms with Gasteiger partial charge in [-0.15, -0.1) is 0 Å². The first-order valence-electron chi connectivity index (χ1n) is 12.1. The van der Waals surface area contributed by atoms with Crippen LogP contribution >= 0.6 is 0 Å². The standard InChI is InChI=1S/C25H37FN2O2/c26-23-3-1-2-4-24(23)28-8-6-27(7-9-28)17-22(29)18-30-10-5-25-14-19-11-20(15-25)13-21(12-19)16-25/h1-4,19-22,29H,5-18H2/t19?,20?,21?,22-,25?/m0/s1. The van der Waals surface area contributed by atoms with Crippen molar-refractivity contribution in [3.63, 3.8) is 0 Å². The zero-order chi connectivity index (χ0) is 20.6. The van der Waals surface area contributed by atoms with Crippen LogP contribution in [0.3, 0.4) is 0 Å². The van der Waals surface area contributed by atoms with E-state index in [4.69, 9.17) is 4.74 Å². The molecular formula is C25H37FN2O2. The number of nitrogens with zero attached hydrogens (tertiary/aromatic N) is 2. The second-order valence-corrected chi connectivity index (χ2v) is 10.6. The van der Waals surface area contributed by atoms with Crippen molar-refractivity contribution in [2.45, 2.75) is 51.0 Å². The Morgan fingerprint density at radius 3 is 2.27 bits per heavy atom. The molecule has 1 saturated heterocycles. The fraction of sp³-hybridized carbons (Fsp3) is 0.760. The maximum absolute atomic E-state index is 14.0. The minimum Gasteiger partial charge on any atom is -0.389 e. The van der Waals surface area contributed by atoms with Crippen LogP contribution in [0.5, 0.6) is 0 Å². The monoisotopic (exact) mass is 416 g/mol. The number of aliphatic hydroxyl groups excluding tert-OH is 1. The Labute approximate surface area is 180 Å². The number of hydrogen-bond acceptors (Lipinski definition) is 4. The van der Waals surface area contributed by atoms with E-state index in [9.17, 15) is 9.50 Å². The molecule has 1 atom stereocenters. The molecule has 1 heterocycles. The highest BCUT2D eigenvalue weighted by molar-refractivity contribution is 5.47. The molecule has 5 fully saturated rings. The number of rotatable bonds is 8. The average Bonchev–Trinajstić information content (AvgIpc) is 2.71. The van der Waals surface area contributed by atoms with E-state index in [-0.39, 0.29) is 5.82 Å². The molecule has 6 rings (SSSR count). The van der Waals surface area contributed by atoms with E-state index in [2.05, 4.69) is 9.80 Å². The summed E-state index contributed by atoms with van der Waals surface area (Å²) in [6, 6.07) is 6.98. The fourth-order valence-corrected chi connectivity index (χ4v) is 7.33. The molecule has 4 nitrogen and oxygen atoms in total. The van der Waals surface area contributed by atoms with Crippen LogP contribution in [0, 0.1) is 29.0 Å². The molecule has 0 aromatic heterocycles. The van der Waals surface area contributed by atoms with E-state index in [1.165, 1.54) is 51.0 Å². The zero-order valence-corrected chi connectivity index (χ0v) is 18.1. The molecule has 0 radical (unpaired) electrons. The molecule has 30 heavy (non-hydrogen) atoms. The van der Waals surface area contributed by atoms with Crippen molar-refractivity contribution in [1.29, 1.82) is 0 Å². The third-order valence-corrected chi connectivity index (χ3v) is 8.29. The lowest BCUT2D eigenvalue weighted by Crippen LogP contribution is -2.49. The van der Waals surface area contributed by atoms with Gasteiger partial charge in [0.15, 0.2) is 0 Å². The summed E-state index contributed by atoms with van der Waals surface area (Å²) < 4.78 is 19.9. The SMILES string of the molecule is O[C@H](COCCC12CC3CC(CC(C3)C1)C2)CN1CCN(c2ccccc2F)CC1. The van der Waals surface area contributed by atoms with E-state index in [1.807, 2.05) is 12.1 Å². The lowest BCUT2D eigenvalue weighted by molar-refractivity contribution is -0.0741. The molecule has 0 unspecified atom stereocenters. The average molecular weight is 417 g/mol. The van der Waals surface area contributed by atoms with E-state index in [0.29, 0.717) is 24.3 Å². The number of anilines is 1. The third-order valence-electron chi connectivity index (χ3n) is 8.29. The number of benzene rings is 1. The van der Waals surface area contributed by atoms with E-state index in [1.54, 1.807) is 6.07 Å². The van der Waals surface area contributed by atoms with Crippen LogP contribution in [0.15, 0.2) is 24.3 Å². The van der Waals surface area contributed by atoms with Crippen molar-refractivity contribution >= 4 is 5.69 Å². The van der Waals surface area contributed by atoms with Gasteiger partial charge >= 0.3 is 0 Å². The summed E-state index contributed by atoms with van der Waals surface area (Å²) >= 11 is 0. The van der Waals surface area contributed by atoms with Gasteiger partial charge in [0, 0.05) is 39.3 Å². The number of ether oxygens (including phenoxy) is 1. The minimum absolute atomic E-state index is 0.154. The molecule has 1 aromatic carbocycles. The number of para-hydroxylation sites is 1. The number of aliphatic hydroxyl groups is 1. The van der Waals surface area contributed by atoms with Gasteiger partial charge < -0.3 is 14.7 Å². The fourth-order valence-electron chi connectivity index (χ4n) is 7.33. The Morgan fingerprint density at radius 2 is 1.63 bits per heavy atom. The molecule has 4 bridgehead atoms.